The normalized spacial score (nSPS) is 10.1. The lowest BCUT2D eigenvalue weighted by atomic mass is 10.1. The van der Waals surface area contributed by atoms with Crippen molar-refractivity contribution >= 4 is 5.82 Å². The molecule has 0 radical (unpaired) electrons. The summed E-state index contributed by atoms with van der Waals surface area (Å²) in [7, 11) is 1.60. The van der Waals surface area contributed by atoms with Gasteiger partial charge in [-0.2, -0.15) is 0 Å². The Hall–Kier alpha value is -2.10. The maximum atomic E-state index is 5.61. The molecule has 4 nitrogen and oxygen atoms in total. The Balaban J connectivity index is 2.49. The predicted octanol–water partition coefficient (Wildman–Crippen LogP) is 2.04. The Labute approximate surface area is 94.1 Å². The highest BCUT2D eigenvalue weighted by molar-refractivity contribution is 5.67. The average Bonchev–Trinajstić information content (AvgIpc) is 2.29. The summed E-state index contributed by atoms with van der Waals surface area (Å²) in [4.78, 5) is 8.29. The summed E-state index contributed by atoms with van der Waals surface area (Å²) in [5, 5.41) is 0. The van der Waals surface area contributed by atoms with Crippen LogP contribution in [0.3, 0.4) is 0 Å². The number of aromatic nitrogens is 2. The van der Waals surface area contributed by atoms with Gasteiger partial charge in [-0.3, -0.25) is 0 Å². The van der Waals surface area contributed by atoms with Crippen LogP contribution in [0.4, 0.5) is 5.82 Å². The number of nitrogens with zero attached hydrogens (tertiary/aromatic N) is 2. The number of hydrogen-bond acceptors (Lipinski definition) is 4. The summed E-state index contributed by atoms with van der Waals surface area (Å²) < 4.78 is 5.08. The van der Waals surface area contributed by atoms with Gasteiger partial charge in [-0.05, 0) is 30.7 Å². The molecule has 0 aliphatic rings. The van der Waals surface area contributed by atoms with Crippen LogP contribution in [-0.2, 0) is 0 Å². The van der Waals surface area contributed by atoms with E-state index in [9.17, 15) is 0 Å². The fourth-order valence-electron chi connectivity index (χ4n) is 1.57. The lowest BCUT2D eigenvalue weighted by molar-refractivity contribution is 0.398. The van der Waals surface area contributed by atoms with E-state index in [1.165, 1.54) is 0 Å². The first kappa shape index (κ1) is 10.4. The van der Waals surface area contributed by atoms with Crippen LogP contribution in [0.15, 0.2) is 30.5 Å². The number of nitrogen functional groups attached to an aromatic ring is 1. The Morgan fingerprint density at radius 3 is 2.75 bits per heavy atom. The van der Waals surface area contributed by atoms with Gasteiger partial charge in [-0.15, -0.1) is 0 Å². The molecule has 0 atom stereocenters. The van der Waals surface area contributed by atoms with Gasteiger partial charge in [0.2, 0.25) is 5.88 Å². The Morgan fingerprint density at radius 1 is 1.25 bits per heavy atom. The minimum atomic E-state index is 0.530. The zero-order chi connectivity index (χ0) is 11.5. The van der Waals surface area contributed by atoms with Crippen molar-refractivity contribution in [3.63, 3.8) is 0 Å². The third-order valence-corrected chi connectivity index (χ3v) is 2.36. The van der Waals surface area contributed by atoms with Crippen LogP contribution < -0.4 is 10.5 Å². The van der Waals surface area contributed by atoms with E-state index in [-0.39, 0.29) is 0 Å². The maximum Gasteiger partial charge on any atom is 0.213 e. The van der Waals surface area contributed by atoms with Crippen LogP contribution in [0.5, 0.6) is 5.88 Å². The van der Waals surface area contributed by atoms with Crippen LogP contribution in [0, 0.1) is 6.92 Å². The molecule has 0 saturated heterocycles. The first-order valence-corrected chi connectivity index (χ1v) is 4.94. The highest BCUT2D eigenvalue weighted by Gasteiger charge is 2.04. The van der Waals surface area contributed by atoms with Crippen molar-refractivity contribution in [1.29, 1.82) is 0 Å². The molecule has 0 spiro atoms. The van der Waals surface area contributed by atoms with E-state index in [2.05, 4.69) is 9.97 Å². The zero-order valence-corrected chi connectivity index (χ0v) is 9.27. The number of rotatable bonds is 2. The van der Waals surface area contributed by atoms with Crippen molar-refractivity contribution in [1.82, 2.24) is 9.97 Å². The fourth-order valence-corrected chi connectivity index (χ4v) is 1.57. The zero-order valence-electron chi connectivity index (χ0n) is 9.27. The molecule has 0 fully saturated rings. The van der Waals surface area contributed by atoms with Crippen LogP contribution in [-0.4, -0.2) is 17.1 Å². The monoisotopic (exact) mass is 215 g/mol. The van der Waals surface area contributed by atoms with Crippen molar-refractivity contribution in [2.24, 2.45) is 0 Å². The van der Waals surface area contributed by atoms with Crippen LogP contribution >= 0.6 is 0 Å². The molecule has 0 bridgehead atoms. The van der Waals surface area contributed by atoms with E-state index >= 15 is 0 Å². The number of anilines is 1. The second kappa shape index (κ2) is 4.18. The smallest absolute Gasteiger partial charge is 0.213 e. The summed E-state index contributed by atoms with van der Waals surface area (Å²) in [5.41, 5.74) is 8.57. The van der Waals surface area contributed by atoms with Gasteiger partial charge in [0.15, 0.2) is 0 Å². The SMILES string of the molecule is COc1cc(-c2ccc(N)nc2C)ccn1. The van der Waals surface area contributed by atoms with Crippen molar-refractivity contribution in [2.75, 3.05) is 12.8 Å². The first-order valence-electron chi connectivity index (χ1n) is 4.94. The minimum absolute atomic E-state index is 0.530. The quantitative estimate of drug-likeness (QED) is 0.832. The van der Waals surface area contributed by atoms with Crippen LogP contribution in [0.25, 0.3) is 11.1 Å². The molecule has 16 heavy (non-hydrogen) atoms. The van der Waals surface area contributed by atoms with Crippen molar-refractivity contribution in [2.45, 2.75) is 6.92 Å². The highest BCUT2D eigenvalue weighted by Crippen LogP contribution is 2.24. The van der Waals surface area contributed by atoms with E-state index in [4.69, 9.17) is 10.5 Å². The third-order valence-electron chi connectivity index (χ3n) is 2.36. The van der Waals surface area contributed by atoms with Crippen molar-refractivity contribution in [3.8, 4) is 17.0 Å². The largest absolute Gasteiger partial charge is 0.481 e. The molecule has 2 aromatic heterocycles. The second-order valence-corrected chi connectivity index (χ2v) is 3.46. The van der Waals surface area contributed by atoms with E-state index in [1.54, 1.807) is 19.4 Å². The first-order chi connectivity index (χ1) is 7.70. The Morgan fingerprint density at radius 2 is 2.06 bits per heavy atom. The van der Waals surface area contributed by atoms with Gasteiger partial charge >= 0.3 is 0 Å². The fraction of sp³-hybridized carbons (Fsp3) is 0.167. The molecule has 2 rings (SSSR count). The minimum Gasteiger partial charge on any atom is -0.481 e. The molecule has 2 aromatic rings. The lowest BCUT2D eigenvalue weighted by Gasteiger charge is -2.07. The van der Waals surface area contributed by atoms with E-state index in [0.717, 1.165) is 16.8 Å². The van der Waals surface area contributed by atoms with Gasteiger partial charge in [0.25, 0.3) is 0 Å². The molecule has 0 aliphatic heterocycles. The average molecular weight is 215 g/mol. The topological polar surface area (TPSA) is 61.0 Å². The van der Waals surface area contributed by atoms with E-state index in [0.29, 0.717) is 11.7 Å². The molecule has 0 saturated carbocycles. The third kappa shape index (κ3) is 1.95. The van der Waals surface area contributed by atoms with Gasteiger partial charge in [0.05, 0.1) is 7.11 Å². The van der Waals surface area contributed by atoms with Gasteiger partial charge in [0, 0.05) is 23.5 Å². The Bertz CT molecular complexity index is 511. The summed E-state index contributed by atoms with van der Waals surface area (Å²) in [6.45, 7) is 1.93. The van der Waals surface area contributed by atoms with Crippen molar-refractivity contribution in [3.05, 3.63) is 36.2 Å². The van der Waals surface area contributed by atoms with Gasteiger partial charge in [0.1, 0.15) is 5.82 Å². The van der Waals surface area contributed by atoms with Gasteiger partial charge in [-0.25, -0.2) is 9.97 Å². The molecule has 0 unspecified atom stereocenters. The highest BCUT2D eigenvalue weighted by atomic mass is 16.5. The molecule has 82 valence electrons. The number of methoxy groups -OCH3 is 1. The summed E-state index contributed by atoms with van der Waals surface area (Å²) >= 11 is 0. The number of aryl methyl sites for hydroxylation is 1. The summed E-state index contributed by atoms with van der Waals surface area (Å²) in [6, 6.07) is 7.53. The standard InChI is InChI=1S/C12H13N3O/c1-8-10(3-4-11(13)15-8)9-5-6-14-12(7-9)16-2/h3-7H,1-2H3,(H2,13,15). The number of pyridine rings is 2. The molecule has 0 aliphatic carbocycles. The van der Waals surface area contributed by atoms with E-state index in [1.807, 2.05) is 25.1 Å². The summed E-state index contributed by atoms with van der Waals surface area (Å²) in [6.07, 6.45) is 1.71. The van der Waals surface area contributed by atoms with E-state index < -0.39 is 0 Å². The summed E-state index contributed by atoms with van der Waals surface area (Å²) in [5.74, 6) is 1.12. The molecular formula is C12H13N3O. The molecule has 2 heterocycles. The predicted molar refractivity (Wildman–Crippen MR) is 63.2 cm³/mol. The van der Waals surface area contributed by atoms with Crippen LogP contribution in [0.2, 0.25) is 0 Å². The molecule has 4 heteroatoms. The number of nitrogens with two attached hydrogens (primary N) is 1. The number of ether oxygens (including phenoxy) is 1. The van der Waals surface area contributed by atoms with Gasteiger partial charge < -0.3 is 10.5 Å². The lowest BCUT2D eigenvalue weighted by Crippen LogP contribution is -1.95. The molecule has 2 N–H and O–H groups in total. The molecule has 0 aromatic carbocycles. The Kier molecular flexibility index (Phi) is 2.72. The molecular weight excluding hydrogens is 202 g/mol. The van der Waals surface area contributed by atoms with Gasteiger partial charge in [-0.1, -0.05) is 0 Å². The molecule has 0 amide bonds. The van der Waals surface area contributed by atoms with Crippen molar-refractivity contribution < 1.29 is 4.74 Å². The second-order valence-electron chi connectivity index (χ2n) is 3.46. The maximum absolute atomic E-state index is 5.61. The van der Waals surface area contributed by atoms with Crippen LogP contribution in [0.1, 0.15) is 5.69 Å². The number of hydrogen-bond donors (Lipinski definition) is 1.